The zero-order valence-corrected chi connectivity index (χ0v) is 12.6. The molecule has 0 bridgehead atoms. The Morgan fingerprint density at radius 2 is 0.944 bits per heavy atom. The molecule has 2 aromatic rings. The fraction of sp³-hybridized carbons (Fsp3) is 0.125. The van der Waals surface area contributed by atoms with Gasteiger partial charge in [0.25, 0.3) is 0 Å². The molecule has 0 unspecified atom stereocenters. The molecule has 18 heavy (non-hydrogen) atoms. The van der Waals surface area contributed by atoms with E-state index in [1.165, 1.54) is 21.5 Å². The summed E-state index contributed by atoms with van der Waals surface area (Å²) in [6.45, 7) is 4.22. The van der Waals surface area contributed by atoms with Crippen molar-refractivity contribution in [2.24, 2.45) is 0 Å². The van der Waals surface area contributed by atoms with Crippen LogP contribution in [-0.2, 0) is 0 Å². The fourth-order valence-electron chi connectivity index (χ4n) is 1.48. The third-order valence-corrected chi connectivity index (χ3v) is 4.57. The van der Waals surface area contributed by atoms with Crippen molar-refractivity contribution in [3.8, 4) is 11.1 Å². The molecule has 0 heterocycles. The van der Waals surface area contributed by atoms with Crippen molar-refractivity contribution in [3.63, 3.8) is 0 Å². The lowest BCUT2D eigenvalue weighted by Crippen LogP contribution is -2.14. The van der Waals surface area contributed by atoms with Gasteiger partial charge in [0.15, 0.2) is 19.0 Å². The van der Waals surface area contributed by atoms with Crippen molar-refractivity contribution in [1.29, 1.82) is 0 Å². The molecule has 0 N–H and O–H groups in total. The molecule has 0 aliphatic rings. The van der Waals surface area contributed by atoms with Crippen LogP contribution in [0.25, 0.3) is 0 Å². The van der Waals surface area contributed by atoms with E-state index in [1.807, 2.05) is 0 Å². The van der Waals surface area contributed by atoms with Gasteiger partial charge in [-0.05, 0) is 24.2 Å². The minimum atomic E-state index is 0.596. The van der Waals surface area contributed by atoms with Gasteiger partial charge < -0.3 is 0 Å². The zero-order valence-electron chi connectivity index (χ0n) is 10.6. The topological polar surface area (TPSA) is 0 Å². The first-order valence-corrected chi connectivity index (χ1v) is 7.89. The standard InChI is InChI=1S/C16H14Si2/c1-13-3-7-15(8-4-13)17-11-12-18-16-9-5-14(2)6-10-16/h3-10H,1-2H3. The molecule has 0 aromatic heterocycles. The van der Waals surface area contributed by atoms with Crippen molar-refractivity contribution >= 4 is 29.4 Å². The van der Waals surface area contributed by atoms with Gasteiger partial charge in [0.1, 0.15) is 0 Å². The maximum absolute atomic E-state index is 3.27. The van der Waals surface area contributed by atoms with Crippen LogP contribution in [0.5, 0.6) is 0 Å². The third-order valence-electron chi connectivity index (χ3n) is 2.58. The highest BCUT2D eigenvalue weighted by Gasteiger charge is 1.92. The molecule has 0 fully saturated rings. The zero-order chi connectivity index (χ0) is 12.8. The van der Waals surface area contributed by atoms with E-state index in [1.54, 1.807) is 0 Å². The van der Waals surface area contributed by atoms with Crippen LogP contribution in [0.4, 0.5) is 0 Å². The molecule has 2 heteroatoms. The Morgan fingerprint density at radius 3 is 1.28 bits per heavy atom. The molecule has 4 radical (unpaired) electrons. The summed E-state index contributed by atoms with van der Waals surface area (Å²) < 4.78 is 0. The quantitative estimate of drug-likeness (QED) is 0.569. The molecule has 2 aromatic carbocycles. The van der Waals surface area contributed by atoms with Crippen molar-refractivity contribution in [1.82, 2.24) is 0 Å². The Kier molecular flexibility index (Phi) is 4.57. The van der Waals surface area contributed by atoms with E-state index in [4.69, 9.17) is 0 Å². The maximum Gasteiger partial charge on any atom is 0.185 e. The van der Waals surface area contributed by atoms with Crippen molar-refractivity contribution < 1.29 is 0 Å². The third kappa shape index (κ3) is 4.03. The first-order chi connectivity index (χ1) is 8.74. The normalized spacial score (nSPS) is 9.67. The predicted molar refractivity (Wildman–Crippen MR) is 80.9 cm³/mol. The van der Waals surface area contributed by atoms with Gasteiger partial charge in [-0.25, -0.2) is 0 Å². The Hall–Kier alpha value is -1.57. The van der Waals surface area contributed by atoms with Crippen molar-refractivity contribution in [2.45, 2.75) is 13.8 Å². The van der Waals surface area contributed by atoms with E-state index in [2.05, 4.69) is 73.5 Å². The fourth-order valence-corrected chi connectivity index (χ4v) is 2.94. The minimum Gasteiger partial charge on any atom is -0.136 e. The number of rotatable bonds is 2. The van der Waals surface area contributed by atoms with Crippen LogP contribution in [-0.4, -0.2) is 19.0 Å². The monoisotopic (exact) mass is 262 g/mol. The second kappa shape index (κ2) is 6.39. The number of aryl methyl sites for hydroxylation is 2. The summed E-state index contributed by atoms with van der Waals surface area (Å²) in [5.74, 6) is 0. The van der Waals surface area contributed by atoms with Crippen LogP contribution >= 0.6 is 0 Å². The van der Waals surface area contributed by atoms with E-state index >= 15 is 0 Å². The first kappa shape index (κ1) is 12.9. The molecule has 0 nitrogen and oxygen atoms in total. The van der Waals surface area contributed by atoms with Gasteiger partial charge >= 0.3 is 0 Å². The summed E-state index contributed by atoms with van der Waals surface area (Å²) in [6, 6.07) is 17.2. The molecule has 0 atom stereocenters. The molecule has 0 saturated carbocycles. The van der Waals surface area contributed by atoms with Crippen molar-refractivity contribution in [3.05, 3.63) is 59.7 Å². The van der Waals surface area contributed by atoms with E-state index in [0.29, 0.717) is 19.0 Å². The lowest BCUT2D eigenvalue weighted by molar-refractivity contribution is 1.49. The van der Waals surface area contributed by atoms with E-state index in [0.717, 1.165) is 0 Å². The molecule has 0 amide bonds. The van der Waals surface area contributed by atoms with E-state index in [-0.39, 0.29) is 0 Å². The Balaban J connectivity index is 1.89. The summed E-state index contributed by atoms with van der Waals surface area (Å²) in [4.78, 5) is 0. The Morgan fingerprint density at radius 1 is 0.611 bits per heavy atom. The highest BCUT2D eigenvalue weighted by molar-refractivity contribution is 6.67. The summed E-state index contributed by atoms with van der Waals surface area (Å²) in [6.07, 6.45) is 0. The van der Waals surface area contributed by atoms with Crippen LogP contribution in [0.1, 0.15) is 11.1 Å². The molecule has 0 spiro atoms. The maximum atomic E-state index is 3.27. The lowest BCUT2D eigenvalue weighted by atomic mass is 10.2. The van der Waals surface area contributed by atoms with Crippen molar-refractivity contribution in [2.75, 3.05) is 0 Å². The summed E-state index contributed by atoms with van der Waals surface area (Å²) >= 11 is 0. The van der Waals surface area contributed by atoms with Crippen LogP contribution < -0.4 is 10.4 Å². The molecule has 0 aliphatic carbocycles. The van der Waals surface area contributed by atoms with Gasteiger partial charge in [0.05, 0.1) is 0 Å². The van der Waals surface area contributed by atoms with Gasteiger partial charge in [0, 0.05) is 0 Å². The number of benzene rings is 2. The average Bonchev–Trinajstić information content (AvgIpc) is 2.39. The largest absolute Gasteiger partial charge is 0.185 e. The first-order valence-electron chi connectivity index (χ1n) is 5.89. The highest BCUT2D eigenvalue weighted by Crippen LogP contribution is 1.92. The highest BCUT2D eigenvalue weighted by atomic mass is 28.2. The Bertz CT molecular complexity index is 505. The van der Waals surface area contributed by atoms with Crippen LogP contribution in [0.15, 0.2) is 48.5 Å². The second-order valence-electron chi connectivity index (χ2n) is 4.23. The van der Waals surface area contributed by atoms with Gasteiger partial charge in [-0.15, -0.1) is 11.1 Å². The molecule has 0 saturated heterocycles. The predicted octanol–water partition coefficient (Wildman–Crippen LogP) is 1.58. The second-order valence-corrected chi connectivity index (χ2v) is 6.39. The smallest absolute Gasteiger partial charge is 0.136 e. The van der Waals surface area contributed by atoms with Gasteiger partial charge in [0.2, 0.25) is 0 Å². The molecule has 2 rings (SSSR count). The Labute approximate surface area is 114 Å². The molecular formula is C16H14Si2. The van der Waals surface area contributed by atoms with Gasteiger partial charge in [-0.2, -0.15) is 0 Å². The lowest BCUT2D eigenvalue weighted by Gasteiger charge is -1.95. The summed E-state index contributed by atoms with van der Waals surface area (Å²) in [7, 11) is 1.19. The summed E-state index contributed by atoms with van der Waals surface area (Å²) in [5, 5.41) is 2.64. The van der Waals surface area contributed by atoms with Crippen LogP contribution in [0, 0.1) is 24.9 Å². The van der Waals surface area contributed by atoms with Crippen LogP contribution in [0.2, 0.25) is 0 Å². The van der Waals surface area contributed by atoms with E-state index < -0.39 is 0 Å². The summed E-state index contributed by atoms with van der Waals surface area (Å²) in [5.41, 5.74) is 9.16. The van der Waals surface area contributed by atoms with E-state index in [9.17, 15) is 0 Å². The molecule has 0 aliphatic heterocycles. The molecular weight excluding hydrogens is 248 g/mol. The SMILES string of the molecule is Cc1ccc([Si]C#C[Si]c2ccc(C)cc2)cc1. The molecule has 86 valence electrons. The average molecular weight is 262 g/mol. The number of hydrogen-bond acceptors (Lipinski definition) is 0. The minimum absolute atomic E-state index is 0.596. The van der Waals surface area contributed by atoms with Crippen LogP contribution in [0.3, 0.4) is 0 Å². The van der Waals surface area contributed by atoms with Gasteiger partial charge in [-0.1, -0.05) is 59.7 Å². The van der Waals surface area contributed by atoms with Gasteiger partial charge in [-0.3, -0.25) is 0 Å². The number of hydrogen-bond donors (Lipinski definition) is 0.